The Bertz CT molecular complexity index is 1140. The standard InChI is InChI=1S/C24H25N3O8S/c25-17(24(34)35)10-11-19(28)26-18(13-36)23(33)27(12-20(29)30)22(32)16-8-6-15(7-9-16)21(31)14-4-2-1-3-5-14/h1-9,17-18,36H,10-13,25H2,(H,26,28)(H,29,30)(H,34,35). The van der Waals surface area contributed by atoms with Crippen molar-refractivity contribution in [2.24, 2.45) is 5.73 Å². The van der Waals surface area contributed by atoms with Gasteiger partial charge in [0.25, 0.3) is 11.8 Å². The van der Waals surface area contributed by atoms with Gasteiger partial charge in [-0.2, -0.15) is 12.6 Å². The number of aliphatic carboxylic acids is 2. The first-order valence-corrected chi connectivity index (χ1v) is 11.3. The second kappa shape index (κ2) is 13.2. The monoisotopic (exact) mass is 515 g/mol. The van der Waals surface area contributed by atoms with Crippen LogP contribution in [0.15, 0.2) is 54.6 Å². The summed E-state index contributed by atoms with van der Waals surface area (Å²) in [4.78, 5) is 73.3. The Hall–Kier alpha value is -4.03. The van der Waals surface area contributed by atoms with Gasteiger partial charge in [-0.15, -0.1) is 0 Å². The zero-order valence-electron chi connectivity index (χ0n) is 19.0. The molecule has 0 saturated heterocycles. The molecule has 0 aliphatic heterocycles. The Morgan fingerprint density at radius 1 is 0.889 bits per heavy atom. The number of carboxylic acid groups (broad SMARTS) is 2. The predicted molar refractivity (Wildman–Crippen MR) is 131 cm³/mol. The molecule has 2 rings (SSSR count). The molecule has 12 heteroatoms. The van der Waals surface area contributed by atoms with Crippen molar-refractivity contribution in [1.82, 2.24) is 10.2 Å². The third-order valence-electron chi connectivity index (χ3n) is 5.05. The third kappa shape index (κ3) is 7.75. The predicted octanol–water partition coefficient (Wildman–Crippen LogP) is 0.578. The summed E-state index contributed by atoms with van der Waals surface area (Å²) in [5.74, 6) is -5.99. The van der Waals surface area contributed by atoms with Crippen LogP contribution in [0.1, 0.15) is 39.1 Å². The molecule has 0 radical (unpaired) electrons. The molecule has 0 fully saturated rings. The molecule has 11 nitrogen and oxygen atoms in total. The number of amides is 3. The van der Waals surface area contributed by atoms with Crippen LogP contribution in [-0.4, -0.2) is 74.9 Å². The quantitative estimate of drug-likeness (QED) is 0.199. The molecule has 2 atom stereocenters. The number of rotatable bonds is 12. The first kappa shape index (κ1) is 28.2. The maximum Gasteiger partial charge on any atom is 0.323 e. The van der Waals surface area contributed by atoms with Gasteiger partial charge in [-0.25, -0.2) is 0 Å². The lowest BCUT2D eigenvalue weighted by Crippen LogP contribution is -2.53. The van der Waals surface area contributed by atoms with Crippen molar-refractivity contribution in [3.8, 4) is 0 Å². The van der Waals surface area contributed by atoms with Gasteiger partial charge in [0.2, 0.25) is 5.91 Å². The maximum absolute atomic E-state index is 13.0. The number of nitrogens with zero attached hydrogens (tertiary/aromatic N) is 1. The minimum absolute atomic E-state index is 0.0501. The molecule has 190 valence electrons. The van der Waals surface area contributed by atoms with Crippen molar-refractivity contribution in [2.45, 2.75) is 24.9 Å². The average Bonchev–Trinajstić information content (AvgIpc) is 2.88. The number of ketones is 1. The number of nitrogens with two attached hydrogens (primary N) is 1. The van der Waals surface area contributed by atoms with E-state index in [4.69, 9.17) is 10.8 Å². The summed E-state index contributed by atoms with van der Waals surface area (Å²) in [6.07, 6.45) is -0.505. The highest BCUT2D eigenvalue weighted by atomic mass is 32.1. The zero-order valence-corrected chi connectivity index (χ0v) is 19.9. The van der Waals surface area contributed by atoms with Crippen molar-refractivity contribution in [3.05, 3.63) is 71.3 Å². The first-order chi connectivity index (χ1) is 17.0. The third-order valence-corrected chi connectivity index (χ3v) is 5.42. The normalized spacial score (nSPS) is 12.2. The highest BCUT2D eigenvalue weighted by Crippen LogP contribution is 2.14. The fourth-order valence-corrected chi connectivity index (χ4v) is 3.36. The molecule has 0 spiro atoms. The number of carboxylic acids is 2. The maximum atomic E-state index is 13.0. The summed E-state index contributed by atoms with van der Waals surface area (Å²) < 4.78 is 0. The van der Waals surface area contributed by atoms with Crippen molar-refractivity contribution >= 4 is 48.1 Å². The van der Waals surface area contributed by atoms with Crippen molar-refractivity contribution in [3.63, 3.8) is 0 Å². The van der Waals surface area contributed by atoms with E-state index in [0.717, 1.165) is 0 Å². The minimum Gasteiger partial charge on any atom is -0.480 e. The summed E-state index contributed by atoms with van der Waals surface area (Å²) in [7, 11) is 0. The molecule has 5 N–H and O–H groups in total. The van der Waals surface area contributed by atoms with Crippen molar-refractivity contribution in [1.29, 1.82) is 0 Å². The topological polar surface area (TPSA) is 184 Å². The Morgan fingerprint density at radius 3 is 1.97 bits per heavy atom. The first-order valence-electron chi connectivity index (χ1n) is 10.7. The summed E-state index contributed by atoms with van der Waals surface area (Å²) in [5.41, 5.74) is 6.03. The van der Waals surface area contributed by atoms with Gasteiger partial charge in [0.15, 0.2) is 5.78 Å². The van der Waals surface area contributed by atoms with Crippen molar-refractivity contribution < 1.29 is 39.0 Å². The number of nitrogens with one attached hydrogen (secondary N) is 1. The SMILES string of the molecule is NC(CCC(=O)NC(CS)C(=O)N(CC(=O)O)C(=O)c1ccc(C(=O)c2ccccc2)cc1)C(=O)O. The Kier molecular flexibility index (Phi) is 10.3. The lowest BCUT2D eigenvalue weighted by Gasteiger charge is -2.24. The fourth-order valence-electron chi connectivity index (χ4n) is 3.11. The Morgan fingerprint density at radius 2 is 1.44 bits per heavy atom. The number of hydrogen-bond acceptors (Lipinski definition) is 8. The van der Waals surface area contributed by atoms with Gasteiger partial charge in [0.05, 0.1) is 0 Å². The van der Waals surface area contributed by atoms with Gasteiger partial charge in [-0.1, -0.05) is 42.5 Å². The van der Waals surface area contributed by atoms with Crippen LogP contribution in [-0.2, 0) is 19.2 Å². The molecule has 2 aromatic carbocycles. The van der Waals surface area contributed by atoms with Crippen LogP contribution in [0, 0.1) is 0 Å². The van der Waals surface area contributed by atoms with Crippen LogP contribution in [0.4, 0.5) is 0 Å². The van der Waals surface area contributed by atoms with Crippen LogP contribution >= 0.6 is 12.6 Å². The molecule has 3 amide bonds. The van der Waals surface area contributed by atoms with Crippen LogP contribution in [0.3, 0.4) is 0 Å². The average molecular weight is 516 g/mol. The lowest BCUT2D eigenvalue weighted by atomic mass is 10.0. The van der Waals surface area contributed by atoms with E-state index in [1.807, 2.05) is 0 Å². The fraction of sp³-hybridized carbons (Fsp3) is 0.250. The molecule has 0 bridgehead atoms. The number of thiol groups is 1. The van der Waals surface area contributed by atoms with Gasteiger partial charge >= 0.3 is 11.9 Å². The highest BCUT2D eigenvalue weighted by molar-refractivity contribution is 7.80. The van der Waals surface area contributed by atoms with E-state index in [9.17, 15) is 33.9 Å². The highest BCUT2D eigenvalue weighted by Gasteiger charge is 2.31. The van der Waals surface area contributed by atoms with Gasteiger partial charge in [0.1, 0.15) is 18.6 Å². The van der Waals surface area contributed by atoms with E-state index >= 15 is 0 Å². The summed E-state index contributed by atoms with van der Waals surface area (Å²) in [5, 5.41) is 20.4. The summed E-state index contributed by atoms with van der Waals surface area (Å²) in [6.45, 7) is -0.980. The van der Waals surface area contributed by atoms with Crippen LogP contribution in [0.2, 0.25) is 0 Å². The second-order valence-corrected chi connectivity index (χ2v) is 8.05. The smallest absolute Gasteiger partial charge is 0.323 e. The van der Waals surface area contributed by atoms with E-state index < -0.39 is 48.3 Å². The molecule has 36 heavy (non-hydrogen) atoms. The van der Waals surface area contributed by atoms with Crippen molar-refractivity contribution in [2.75, 3.05) is 12.3 Å². The van der Waals surface area contributed by atoms with E-state index in [0.29, 0.717) is 10.5 Å². The van der Waals surface area contributed by atoms with E-state index in [1.54, 1.807) is 30.3 Å². The molecule has 0 saturated carbocycles. The summed E-state index contributed by atoms with van der Waals surface area (Å²) >= 11 is 4.01. The Balaban J connectivity index is 2.17. The van der Waals surface area contributed by atoms with Gasteiger partial charge in [-0.05, 0) is 18.6 Å². The lowest BCUT2D eigenvalue weighted by molar-refractivity contribution is -0.143. The van der Waals surface area contributed by atoms with E-state index in [2.05, 4.69) is 17.9 Å². The molecule has 0 heterocycles. The molecule has 0 aliphatic rings. The molecule has 2 aromatic rings. The number of hydrogen-bond donors (Lipinski definition) is 5. The Labute approximate surface area is 211 Å². The minimum atomic E-state index is -1.47. The molecular formula is C24H25N3O8S. The van der Waals surface area contributed by atoms with Crippen LogP contribution in [0.5, 0.6) is 0 Å². The molecule has 2 unspecified atom stereocenters. The zero-order chi connectivity index (χ0) is 26.8. The molecular weight excluding hydrogens is 490 g/mol. The van der Waals surface area contributed by atoms with E-state index in [-0.39, 0.29) is 35.5 Å². The van der Waals surface area contributed by atoms with Gasteiger partial charge < -0.3 is 21.3 Å². The van der Waals surface area contributed by atoms with Crippen LogP contribution < -0.4 is 11.1 Å². The molecule has 0 aliphatic carbocycles. The largest absolute Gasteiger partial charge is 0.480 e. The number of carbonyl (C=O) groups is 6. The van der Waals surface area contributed by atoms with Gasteiger partial charge in [0, 0.05) is 28.9 Å². The number of carbonyl (C=O) groups excluding carboxylic acids is 4. The molecule has 0 aromatic heterocycles. The van der Waals surface area contributed by atoms with E-state index in [1.165, 1.54) is 24.3 Å². The number of imide groups is 1. The van der Waals surface area contributed by atoms with Crippen LogP contribution in [0.25, 0.3) is 0 Å². The summed E-state index contributed by atoms with van der Waals surface area (Å²) in [6, 6.07) is 11.2. The second-order valence-electron chi connectivity index (χ2n) is 7.68. The number of benzene rings is 2. The van der Waals surface area contributed by atoms with Gasteiger partial charge in [-0.3, -0.25) is 33.7 Å².